The largest absolute Gasteiger partial charge is 0.298 e. The number of carbonyl (C=O) groups is 3. The first-order valence-electron chi connectivity index (χ1n) is 9.51. The van der Waals surface area contributed by atoms with Crippen molar-refractivity contribution < 1.29 is 14.4 Å². The zero-order chi connectivity index (χ0) is 21.4. The molecule has 0 saturated heterocycles. The summed E-state index contributed by atoms with van der Waals surface area (Å²) in [4.78, 5) is 44.1. The molecule has 31 heavy (non-hydrogen) atoms. The monoisotopic (exact) mass is 425 g/mol. The number of benzene rings is 3. The van der Waals surface area contributed by atoms with Gasteiger partial charge in [-0.15, -0.1) is 11.3 Å². The third kappa shape index (κ3) is 3.31. The second-order valence-electron chi connectivity index (χ2n) is 6.88. The molecule has 1 N–H and O–H groups in total. The minimum absolute atomic E-state index is 0.208. The zero-order valence-electron chi connectivity index (χ0n) is 16.1. The molecule has 0 unspecified atom stereocenters. The predicted molar refractivity (Wildman–Crippen MR) is 120 cm³/mol. The SMILES string of the molecule is O=C(Nc1nccs1)c1ccc2c(c1)C(=O)N(c1ccccc1-c1ccccc1)C2=O. The Morgan fingerprint density at radius 1 is 0.839 bits per heavy atom. The molecule has 1 aliphatic heterocycles. The second kappa shape index (κ2) is 7.62. The lowest BCUT2D eigenvalue weighted by Gasteiger charge is -2.18. The molecule has 0 spiro atoms. The van der Waals surface area contributed by atoms with Crippen LogP contribution in [0.15, 0.2) is 84.4 Å². The first kappa shape index (κ1) is 18.9. The number of rotatable bonds is 4. The molecule has 0 aliphatic carbocycles. The van der Waals surface area contributed by atoms with Crippen LogP contribution in [0.1, 0.15) is 31.1 Å². The highest BCUT2D eigenvalue weighted by molar-refractivity contribution is 7.13. The van der Waals surface area contributed by atoms with Gasteiger partial charge in [0.1, 0.15) is 0 Å². The maximum Gasteiger partial charge on any atom is 0.266 e. The Kier molecular flexibility index (Phi) is 4.65. The van der Waals surface area contributed by atoms with Crippen LogP contribution in [-0.2, 0) is 0 Å². The van der Waals surface area contributed by atoms with Crippen molar-refractivity contribution in [3.05, 3.63) is 101 Å². The molecule has 1 aromatic heterocycles. The van der Waals surface area contributed by atoms with Crippen LogP contribution in [0.2, 0.25) is 0 Å². The summed E-state index contributed by atoms with van der Waals surface area (Å²) in [5, 5.41) is 4.90. The van der Waals surface area contributed by atoms with E-state index in [9.17, 15) is 14.4 Å². The van der Waals surface area contributed by atoms with Crippen LogP contribution in [0.5, 0.6) is 0 Å². The smallest absolute Gasteiger partial charge is 0.266 e. The zero-order valence-corrected chi connectivity index (χ0v) is 16.9. The summed E-state index contributed by atoms with van der Waals surface area (Å²) in [6, 6.07) is 21.4. The molecule has 0 bridgehead atoms. The normalized spacial score (nSPS) is 12.7. The van der Waals surface area contributed by atoms with E-state index in [1.165, 1.54) is 28.4 Å². The topological polar surface area (TPSA) is 79.4 Å². The highest BCUT2D eigenvalue weighted by Gasteiger charge is 2.38. The average Bonchev–Trinajstić information content (AvgIpc) is 3.40. The number of para-hydroxylation sites is 1. The van der Waals surface area contributed by atoms with Gasteiger partial charge in [-0.25, -0.2) is 9.88 Å². The van der Waals surface area contributed by atoms with Crippen molar-refractivity contribution in [2.45, 2.75) is 0 Å². The quantitative estimate of drug-likeness (QED) is 0.474. The Hall–Kier alpha value is -4.10. The van der Waals surface area contributed by atoms with Crippen molar-refractivity contribution >= 4 is 39.9 Å². The number of nitrogens with zero attached hydrogens (tertiary/aromatic N) is 2. The van der Waals surface area contributed by atoms with Crippen molar-refractivity contribution in [3.63, 3.8) is 0 Å². The average molecular weight is 425 g/mol. The first-order chi connectivity index (χ1) is 15.1. The van der Waals surface area contributed by atoms with Crippen LogP contribution in [0.3, 0.4) is 0 Å². The Bertz CT molecular complexity index is 1320. The van der Waals surface area contributed by atoms with E-state index < -0.39 is 11.8 Å². The summed E-state index contributed by atoms with van der Waals surface area (Å²) in [6.07, 6.45) is 1.59. The van der Waals surface area contributed by atoms with Gasteiger partial charge in [-0.05, 0) is 29.8 Å². The highest BCUT2D eigenvalue weighted by atomic mass is 32.1. The Labute approximate surface area is 181 Å². The van der Waals surface area contributed by atoms with Crippen LogP contribution in [-0.4, -0.2) is 22.7 Å². The summed E-state index contributed by atoms with van der Waals surface area (Å²) in [7, 11) is 0. The molecule has 1 aliphatic rings. The molecule has 4 aromatic rings. The summed E-state index contributed by atoms with van der Waals surface area (Å²) < 4.78 is 0. The molecule has 3 amide bonds. The van der Waals surface area contributed by atoms with E-state index in [1.807, 2.05) is 42.5 Å². The van der Waals surface area contributed by atoms with Crippen molar-refractivity contribution in [2.24, 2.45) is 0 Å². The lowest BCUT2D eigenvalue weighted by Crippen LogP contribution is -2.29. The van der Waals surface area contributed by atoms with E-state index in [0.717, 1.165) is 11.1 Å². The van der Waals surface area contributed by atoms with Crippen LogP contribution in [0.25, 0.3) is 11.1 Å². The highest BCUT2D eigenvalue weighted by Crippen LogP contribution is 2.36. The maximum atomic E-state index is 13.2. The molecule has 6 nitrogen and oxygen atoms in total. The van der Waals surface area contributed by atoms with Gasteiger partial charge in [0, 0.05) is 22.7 Å². The van der Waals surface area contributed by atoms with Crippen molar-refractivity contribution in [2.75, 3.05) is 10.2 Å². The number of nitrogens with one attached hydrogen (secondary N) is 1. The molecule has 0 fully saturated rings. The summed E-state index contributed by atoms with van der Waals surface area (Å²) in [5.74, 6) is -1.25. The number of anilines is 2. The molecule has 5 rings (SSSR count). The summed E-state index contributed by atoms with van der Waals surface area (Å²) in [6.45, 7) is 0. The third-order valence-corrected chi connectivity index (χ3v) is 5.72. The number of hydrogen-bond acceptors (Lipinski definition) is 5. The summed E-state index contributed by atoms with van der Waals surface area (Å²) >= 11 is 1.30. The first-order valence-corrected chi connectivity index (χ1v) is 10.4. The lowest BCUT2D eigenvalue weighted by atomic mass is 10.0. The molecule has 0 atom stereocenters. The fraction of sp³-hybridized carbons (Fsp3) is 0. The van der Waals surface area contributed by atoms with E-state index in [-0.39, 0.29) is 22.6 Å². The lowest BCUT2D eigenvalue weighted by molar-refractivity contribution is 0.0925. The number of imide groups is 1. The number of amides is 3. The molecular weight excluding hydrogens is 410 g/mol. The van der Waals surface area contributed by atoms with Crippen LogP contribution in [0.4, 0.5) is 10.8 Å². The molecule has 3 aromatic carbocycles. The van der Waals surface area contributed by atoms with E-state index in [2.05, 4.69) is 10.3 Å². The van der Waals surface area contributed by atoms with Crippen LogP contribution >= 0.6 is 11.3 Å². The Morgan fingerprint density at radius 3 is 2.35 bits per heavy atom. The number of aromatic nitrogens is 1. The predicted octanol–water partition coefficient (Wildman–Crippen LogP) is 4.86. The molecule has 0 radical (unpaired) electrons. The number of hydrogen-bond donors (Lipinski definition) is 1. The summed E-state index contributed by atoms with van der Waals surface area (Å²) in [5.41, 5.74) is 2.96. The number of fused-ring (bicyclic) bond motifs is 1. The standard InChI is InChI=1S/C24H15N3O3S/c28-21(26-24-25-12-13-31-24)16-10-11-18-19(14-16)23(30)27(22(18)29)20-9-5-4-8-17(20)15-6-2-1-3-7-15/h1-14H,(H,25,26,28). The Balaban J connectivity index is 1.51. The van der Waals surface area contributed by atoms with E-state index in [1.54, 1.807) is 29.8 Å². The van der Waals surface area contributed by atoms with Gasteiger partial charge in [0.05, 0.1) is 16.8 Å². The Morgan fingerprint density at radius 2 is 1.58 bits per heavy atom. The minimum atomic E-state index is -0.452. The van der Waals surface area contributed by atoms with Gasteiger partial charge in [0.15, 0.2) is 5.13 Å². The van der Waals surface area contributed by atoms with E-state index in [0.29, 0.717) is 10.8 Å². The molecule has 0 saturated carbocycles. The van der Waals surface area contributed by atoms with Crippen molar-refractivity contribution in [1.82, 2.24) is 4.98 Å². The fourth-order valence-corrected chi connectivity index (χ4v) is 4.11. The van der Waals surface area contributed by atoms with Crippen LogP contribution in [0, 0.1) is 0 Å². The van der Waals surface area contributed by atoms with Gasteiger partial charge in [-0.1, -0.05) is 48.5 Å². The second-order valence-corrected chi connectivity index (χ2v) is 7.78. The molecular formula is C24H15N3O3S. The molecule has 2 heterocycles. The van der Waals surface area contributed by atoms with Gasteiger partial charge < -0.3 is 0 Å². The van der Waals surface area contributed by atoms with Crippen LogP contribution < -0.4 is 10.2 Å². The van der Waals surface area contributed by atoms with Gasteiger partial charge in [0.2, 0.25) is 0 Å². The fourth-order valence-electron chi connectivity index (χ4n) is 3.59. The number of thiazole rings is 1. The number of carbonyl (C=O) groups excluding carboxylic acids is 3. The van der Waals surface area contributed by atoms with Gasteiger partial charge in [-0.3, -0.25) is 19.7 Å². The van der Waals surface area contributed by atoms with Gasteiger partial charge in [0.25, 0.3) is 17.7 Å². The van der Waals surface area contributed by atoms with Crippen molar-refractivity contribution in [1.29, 1.82) is 0 Å². The van der Waals surface area contributed by atoms with Gasteiger partial charge >= 0.3 is 0 Å². The van der Waals surface area contributed by atoms with Crippen molar-refractivity contribution in [3.8, 4) is 11.1 Å². The molecule has 7 heteroatoms. The van der Waals surface area contributed by atoms with E-state index >= 15 is 0 Å². The van der Waals surface area contributed by atoms with E-state index in [4.69, 9.17) is 0 Å². The van der Waals surface area contributed by atoms with Gasteiger partial charge in [-0.2, -0.15) is 0 Å². The minimum Gasteiger partial charge on any atom is -0.298 e. The maximum absolute atomic E-state index is 13.2. The third-order valence-electron chi connectivity index (χ3n) is 5.03. The molecule has 150 valence electrons.